The third kappa shape index (κ3) is 1.44. The van der Waals surface area contributed by atoms with Gasteiger partial charge >= 0.3 is 6.09 Å². The van der Waals surface area contributed by atoms with Crippen LogP contribution >= 0.6 is 0 Å². The van der Waals surface area contributed by atoms with Gasteiger partial charge in [-0.25, -0.2) is 4.79 Å². The van der Waals surface area contributed by atoms with Crippen molar-refractivity contribution in [3.05, 3.63) is 35.4 Å². The first kappa shape index (κ1) is 10.3. The average molecular weight is 231 g/mol. The van der Waals surface area contributed by atoms with Crippen LogP contribution in [0.5, 0.6) is 0 Å². The molecule has 2 heterocycles. The summed E-state index contributed by atoms with van der Waals surface area (Å²) in [7, 11) is 0. The first-order valence-corrected chi connectivity index (χ1v) is 5.70. The molecule has 1 aliphatic carbocycles. The molecule has 3 aliphatic rings. The Morgan fingerprint density at radius 1 is 1.41 bits per heavy atom. The monoisotopic (exact) mass is 231 g/mol. The highest BCUT2D eigenvalue weighted by molar-refractivity contribution is 5.96. The van der Waals surface area contributed by atoms with Crippen LogP contribution in [0.25, 0.3) is 0 Å². The molecule has 1 aromatic rings. The van der Waals surface area contributed by atoms with Crippen LogP contribution in [0.4, 0.5) is 4.79 Å². The molecule has 4 heteroatoms. The van der Waals surface area contributed by atoms with Gasteiger partial charge in [-0.05, 0) is 12.5 Å². The lowest BCUT2D eigenvalue weighted by Gasteiger charge is -2.52. The molecular weight excluding hydrogens is 218 g/mol. The predicted octanol–water partition coefficient (Wildman–Crippen LogP) is 1.99. The minimum absolute atomic E-state index is 0.00349. The van der Waals surface area contributed by atoms with Crippen LogP contribution in [0.2, 0.25) is 0 Å². The summed E-state index contributed by atoms with van der Waals surface area (Å²) < 4.78 is 5.06. The Morgan fingerprint density at radius 3 is 2.76 bits per heavy atom. The number of hydrogen-bond donors (Lipinski definition) is 1. The summed E-state index contributed by atoms with van der Waals surface area (Å²) in [5.41, 5.74) is 1.22. The largest absolute Gasteiger partial charge is 0.446 e. The molecule has 0 aromatic heterocycles. The lowest BCUT2D eigenvalue weighted by atomic mass is 9.67. The number of ketones is 1. The fourth-order valence-electron chi connectivity index (χ4n) is 2.77. The van der Waals surface area contributed by atoms with Crippen LogP contribution in [-0.2, 0) is 10.3 Å². The number of amides is 1. The van der Waals surface area contributed by atoms with E-state index in [1.54, 1.807) is 13.0 Å². The molecule has 17 heavy (non-hydrogen) atoms. The smallest absolute Gasteiger partial charge is 0.408 e. The molecule has 1 aromatic carbocycles. The Morgan fingerprint density at radius 2 is 2.12 bits per heavy atom. The van der Waals surface area contributed by atoms with Crippen molar-refractivity contribution in [3.8, 4) is 0 Å². The van der Waals surface area contributed by atoms with Crippen molar-refractivity contribution >= 4 is 11.9 Å². The Kier molecular flexibility index (Phi) is 2.02. The van der Waals surface area contributed by atoms with Crippen LogP contribution in [0.1, 0.15) is 35.7 Å². The van der Waals surface area contributed by atoms with Gasteiger partial charge in [0, 0.05) is 18.4 Å². The van der Waals surface area contributed by atoms with E-state index in [-0.39, 0.29) is 23.5 Å². The number of hydrogen-bond acceptors (Lipinski definition) is 3. The summed E-state index contributed by atoms with van der Waals surface area (Å²) in [6.45, 7) is 1.55. The normalized spacial score (nSPS) is 29.9. The number of Topliss-reactive ketones (excluding diaryl/α,β-unsaturated/α-hetero) is 1. The lowest BCUT2D eigenvalue weighted by molar-refractivity contribution is -0.0590. The van der Waals surface area contributed by atoms with Crippen molar-refractivity contribution in [3.63, 3.8) is 0 Å². The molecule has 1 N–H and O–H groups in total. The van der Waals surface area contributed by atoms with E-state index in [0.29, 0.717) is 5.56 Å². The molecule has 0 radical (unpaired) electrons. The minimum atomic E-state index is -0.387. The number of carbonyl (C=O) groups excluding carboxylic acids is 2. The van der Waals surface area contributed by atoms with Crippen LogP contribution in [0.15, 0.2) is 24.3 Å². The van der Waals surface area contributed by atoms with Crippen molar-refractivity contribution in [1.82, 2.24) is 5.32 Å². The first-order chi connectivity index (χ1) is 8.11. The zero-order chi connectivity index (χ0) is 12.0. The zero-order valence-corrected chi connectivity index (χ0v) is 9.53. The highest BCUT2D eigenvalue weighted by Gasteiger charge is 2.54. The SMILES string of the molecule is CC(=O)c1ccccc1C12CC(C1)OC(=O)N2. The molecule has 3 fully saturated rings. The fourth-order valence-corrected chi connectivity index (χ4v) is 2.77. The quantitative estimate of drug-likeness (QED) is 0.792. The molecule has 2 bridgehead atoms. The Labute approximate surface area is 99.0 Å². The standard InChI is InChI=1S/C13H13NO3/c1-8(15)10-4-2-3-5-11(10)13-6-9(7-13)17-12(16)14-13/h2-5,9H,6-7H2,1H3,(H,14,16). The molecule has 2 saturated heterocycles. The van der Waals surface area contributed by atoms with E-state index in [2.05, 4.69) is 5.32 Å². The maximum absolute atomic E-state index is 11.6. The van der Waals surface area contributed by atoms with Gasteiger partial charge in [-0.2, -0.15) is 0 Å². The number of nitrogens with one attached hydrogen (secondary N) is 1. The van der Waals surface area contributed by atoms with Gasteiger partial charge in [-0.3, -0.25) is 4.79 Å². The summed E-state index contributed by atoms with van der Waals surface area (Å²) >= 11 is 0. The number of rotatable bonds is 2. The van der Waals surface area contributed by atoms with Gasteiger partial charge in [-0.15, -0.1) is 0 Å². The number of ether oxygens (including phenoxy) is 1. The fraction of sp³-hybridized carbons (Fsp3) is 0.385. The van der Waals surface area contributed by atoms with Crippen LogP contribution in [0.3, 0.4) is 0 Å². The summed E-state index contributed by atoms with van der Waals surface area (Å²) in [6, 6.07) is 7.46. The van der Waals surface area contributed by atoms with Crippen molar-refractivity contribution < 1.29 is 14.3 Å². The Hall–Kier alpha value is -1.84. The van der Waals surface area contributed by atoms with Crippen LogP contribution in [0, 0.1) is 0 Å². The minimum Gasteiger partial charge on any atom is -0.446 e. The molecule has 0 atom stereocenters. The van der Waals surface area contributed by atoms with E-state index in [0.717, 1.165) is 18.4 Å². The number of carbonyl (C=O) groups is 2. The molecule has 88 valence electrons. The second-order valence-corrected chi connectivity index (χ2v) is 4.74. The molecule has 0 spiro atoms. The third-order valence-corrected chi connectivity index (χ3v) is 3.59. The molecular formula is C13H13NO3. The van der Waals surface area contributed by atoms with Gasteiger partial charge in [-0.1, -0.05) is 24.3 Å². The summed E-state index contributed by atoms with van der Waals surface area (Å²) in [5, 5.41) is 2.86. The highest BCUT2D eigenvalue weighted by Crippen LogP contribution is 2.47. The molecule has 2 aliphatic heterocycles. The van der Waals surface area contributed by atoms with Crippen molar-refractivity contribution in [1.29, 1.82) is 0 Å². The van der Waals surface area contributed by atoms with E-state index in [1.807, 2.05) is 18.2 Å². The summed E-state index contributed by atoms with van der Waals surface area (Å²) in [4.78, 5) is 23.0. The van der Waals surface area contributed by atoms with E-state index in [4.69, 9.17) is 4.74 Å². The van der Waals surface area contributed by atoms with Crippen molar-refractivity contribution in [2.24, 2.45) is 0 Å². The van der Waals surface area contributed by atoms with Crippen molar-refractivity contribution in [2.45, 2.75) is 31.4 Å². The second kappa shape index (κ2) is 3.32. The Bertz CT molecular complexity index is 503. The average Bonchev–Trinajstić information content (AvgIpc) is 2.27. The van der Waals surface area contributed by atoms with Crippen LogP contribution in [-0.4, -0.2) is 18.0 Å². The number of alkyl carbamates (subject to hydrolysis) is 1. The maximum Gasteiger partial charge on any atom is 0.408 e. The third-order valence-electron chi connectivity index (χ3n) is 3.59. The second-order valence-electron chi connectivity index (χ2n) is 4.74. The first-order valence-electron chi connectivity index (χ1n) is 5.70. The molecule has 4 nitrogen and oxygen atoms in total. The molecule has 4 rings (SSSR count). The Balaban J connectivity index is 2.05. The van der Waals surface area contributed by atoms with E-state index < -0.39 is 0 Å². The van der Waals surface area contributed by atoms with Crippen LogP contribution < -0.4 is 5.32 Å². The molecule has 1 saturated carbocycles. The van der Waals surface area contributed by atoms with Gasteiger partial charge in [0.05, 0.1) is 5.54 Å². The summed E-state index contributed by atoms with van der Waals surface area (Å²) in [5.74, 6) is 0.0270. The predicted molar refractivity (Wildman–Crippen MR) is 60.8 cm³/mol. The molecule has 0 unspecified atom stereocenters. The van der Waals surface area contributed by atoms with Gasteiger partial charge in [0.15, 0.2) is 5.78 Å². The number of benzene rings is 1. The molecule has 1 amide bonds. The zero-order valence-electron chi connectivity index (χ0n) is 9.53. The van der Waals surface area contributed by atoms with Gasteiger partial charge < -0.3 is 10.1 Å². The van der Waals surface area contributed by atoms with E-state index in [1.165, 1.54) is 0 Å². The van der Waals surface area contributed by atoms with E-state index >= 15 is 0 Å². The highest BCUT2D eigenvalue weighted by atomic mass is 16.6. The van der Waals surface area contributed by atoms with Gasteiger partial charge in [0.1, 0.15) is 6.10 Å². The van der Waals surface area contributed by atoms with Gasteiger partial charge in [0.25, 0.3) is 0 Å². The maximum atomic E-state index is 11.6. The van der Waals surface area contributed by atoms with E-state index in [9.17, 15) is 9.59 Å². The number of fused-ring (bicyclic) bond motifs is 2. The summed E-state index contributed by atoms with van der Waals surface area (Å²) in [6.07, 6.45) is 1.13. The topological polar surface area (TPSA) is 55.4 Å². The van der Waals surface area contributed by atoms with Gasteiger partial charge in [0.2, 0.25) is 0 Å². The van der Waals surface area contributed by atoms with Crippen molar-refractivity contribution in [2.75, 3.05) is 0 Å². The lowest BCUT2D eigenvalue weighted by Crippen LogP contribution is -2.64.